The van der Waals surface area contributed by atoms with E-state index in [1.54, 1.807) is 24.3 Å². The van der Waals surface area contributed by atoms with Crippen molar-refractivity contribution in [3.8, 4) is 11.1 Å². The van der Waals surface area contributed by atoms with E-state index in [1.807, 2.05) is 54.6 Å². The predicted molar refractivity (Wildman–Crippen MR) is 182 cm³/mol. The van der Waals surface area contributed by atoms with Gasteiger partial charge in [0.2, 0.25) is 5.82 Å². The fourth-order valence-corrected chi connectivity index (χ4v) is 6.95. The lowest BCUT2D eigenvalue weighted by molar-refractivity contribution is -0.253. The van der Waals surface area contributed by atoms with Crippen LogP contribution in [0.1, 0.15) is 77.1 Å². The third kappa shape index (κ3) is 8.07. The summed E-state index contributed by atoms with van der Waals surface area (Å²) in [6, 6.07) is 22.7. The van der Waals surface area contributed by atoms with Crippen LogP contribution in [0, 0.1) is 29.1 Å². The molecule has 2 fully saturated rings. The summed E-state index contributed by atoms with van der Waals surface area (Å²) in [6.07, 6.45) is 6.24. The zero-order valence-electron chi connectivity index (χ0n) is 27.9. The number of nitrogens with one attached hydrogen (secondary N) is 1. The number of carbonyl (C=O) groups is 1. The summed E-state index contributed by atoms with van der Waals surface area (Å²) in [4.78, 5) is 15.1. The van der Waals surface area contributed by atoms with Gasteiger partial charge < -0.3 is 19.9 Å². The number of carbonyl (C=O) groups excluding carboxylic acids is 1. The van der Waals surface area contributed by atoms with E-state index in [2.05, 4.69) is 16.8 Å². The number of rotatable bonds is 12. The monoisotopic (exact) mass is 706 g/mol. The molecule has 268 valence electrons. The number of amides is 1. The molecule has 1 saturated carbocycles. The van der Waals surface area contributed by atoms with Crippen LogP contribution in [-0.4, -0.2) is 41.1 Å². The van der Waals surface area contributed by atoms with Crippen LogP contribution in [0.2, 0.25) is 0 Å². The fourth-order valence-electron chi connectivity index (χ4n) is 6.95. The molecule has 1 heterocycles. The zero-order chi connectivity index (χ0) is 36.1. The van der Waals surface area contributed by atoms with Crippen LogP contribution in [-0.2, 0) is 22.6 Å². The van der Waals surface area contributed by atoms with Gasteiger partial charge in [0.1, 0.15) is 5.56 Å². The Bertz CT molecular complexity index is 1820. The van der Waals surface area contributed by atoms with Gasteiger partial charge in [0.15, 0.2) is 29.6 Å². The summed E-state index contributed by atoms with van der Waals surface area (Å²) in [5.41, 5.74) is 3.02. The molecular weight excluding hydrogens is 667 g/mol. The van der Waals surface area contributed by atoms with E-state index in [1.165, 1.54) is 12.8 Å². The van der Waals surface area contributed by atoms with Crippen molar-refractivity contribution < 1.29 is 41.3 Å². The maximum atomic E-state index is 14.2. The quantitative estimate of drug-likeness (QED) is 0.0670. The van der Waals surface area contributed by atoms with Gasteiger partial charge in [-0.1, -0.05) is 91.7 Å². The van der Waals surface area contributed by atoms with E-state index in [9.17, 15) is 31.9 Å². The lowest BCUT2D eigenvalue weighted by Crippen LogP contribution is -2.43. The van der Waals surface area contributed by atoms with Gasteiger partial charge in [-0.25, -0.2) is 22.0 Å². The molecule has 0 aromatic heterocycles. The summed E-state index contributed by atoms with van der Waals surface area (Å²) in [6.45, 7) is 5.18. The molecule has 1 aliphatic carbocycles. The third-order valence-electron chi connectivity index (χ3n) is 9.65. The van der Waals surface area contributed by atoms with E-state index in [-0.39, 0.29) is 25.4 Å². The summed E-state index contributed by atoms with van der Waals surface area (Å²) in [7, 11) is 0. The average Bonchev–Trinajstić information content (AvgIpc) is 3.71. The maximum absolute atomic E-state index is 14.2. The van der Waals surface area contributed by atoms with Crippen LogP contribution in [0.3, 0.4) is 0 Å². The van der Waals surface area contributed by atoms with Gasteiger partial charge in [-0.15, -0.1) is 6.58 Å². The molecule has 0 spiro atoms. The lowest BCUT2D eigenvalue weighted by atomic mass is 9.97. The van der Waals surface area contributed by atoms with Gasteiger partial charge in [0.25, 0.3) is 5.91 Å². The average molecular weight is 707 g/mol. The largest absolute Gasteiger partial charge is 0.392 e. The van der Waals surface area contributed by atoms with Crippen molar-refractivity contribution >= 4 is 5.91 Å². The Kier molecular flexibility index (Phi) is 11.6. The van der Waals surface area contributed by atoms with E-state index in [0.29, 0.717) is 23.6 Å². The molecule has 0 radical (unpaired) electrons. The molecule has 4 aromatic carbocycles. The summed E-state index contributed by atoms with van der Waals surface area (Å²) >= 11 is 0. The minimum absolute atomic E-state index is 0.0504. The normalized spacial score (nSPS) is 19.4. The van der Waals surface area contributed by atoms with Gasteiger partial charge in [0.05, 0.1) is 18.8 Å². The minimum atomic E-state index is -2.33. The fraction of sp³-hybridized carbons (Fsp3) is 0.325. The van der Waals surface area contributed by atoms with Crippen LogP contribution in [0.25, 0.3) is 11.1 Å². The first-order valence-corrected chi connectivity index (χ1v) is 17.0. The molecule has 0 bridgehead atoms. The second-order valence-electron chi connectivity index (χ2n) is 12.9. The first-order valence-electron chi connectivity index (χ1n) is 17.0. The Morgan fingerprint density at radius 1 is 0.843 bits per heavy atom. The van der Waals surface area contributed by atoms with Crippen molar-refractivity contribution in [2.45, 2.75) is 69.8 Å². The highest BCUT2D eigenvalue weighted by molar-refractivity contribution is 5.95. The minimum Gasteiger partial charge on any atom is -0.392 e. The number of hydrogen-bond donors (Lipinski definition) is 2. The number of ether oxygens (including phenoxy) is 2. The number of aliphatic hydroxyl groups is 1. The molecule has 11 heteroatoms. The van der Waals surface area contributed by atoms with Gasteiger partial charge in [0, 0.05) is 37.7 Å². The Labute approximate surface area is 293 Å². The van der Waals surface area contributed by atoms with Crippen LogP contribution >= 0.6 is 0 Å². The lowest BCUT2D eigenvalue weighted by Gasteiger charge is -2.39. The summed E-state index contributed by atoms with van der Waals surface area (Å²) in [5.74, 6) is -12.5. The van der Waals surface area contributed by atoms with Crippen molar-refractivity contribution in [3.63, 3.8) is 0 Å². The molecule has 0 unspecified atom stereocenters. The van der Waals surface area contributed by atoms with E-state index < -0.39 is 46.8 Å². The van der Waals surface area contributed by atoms with Gasteiger partial charge >= 0.3 is 0 Å². The Hall–Kier alpha value is -4.42. The molecule has 4 aromatic rings. The van der Waals surface area contributed by atoms with Crippen LogP contribution in [0.4, 0.5) is 22.0 Å². The molecule has 1 saturated heterocycles. The summed E-state index contributed by atoms with van der Waals surface area (Å²) < 4.78 is 82.5. The Balaban J connectivity index is 1.21. The van der Waals surface area contributed by atoms with Crippen LogP contribution < -0.4 is 5.32 Å². The van der Waals surface area contributed by atoms with Crippen molar-refractivity contribution in [3.05, 3.63) is 142 Å². The smallest absolute Gasteiger partial charge is 0.257 e. The molecule has 51 heavy (non-hydrogen) atoms. The first-order chi connectivity index (χ1) is 24.7. The molecule has 3 atom stereocenters. The van der Waals surface area contributed by atoms with Crippen molar-refractivity contribution in [1.29, 1.82) is 0 Å². The highest BCUT2D eigenvalue weighted by Crippen LogP contribution is 2.39. The number of hydrogen-bond acceptors (Lipinski definition) is 5. The summed E-state index contributed by atoms with van der Waals surface area (Å²) in [5, 5.41) is 11.8. The molecule has 2 aliphatic rings. The number of nitrogens with zero attached hydrogens (tertiary/aromatic N) is 1. The molecule has 2 N–H and O–H groups in total. The Morgan fingerprint density at radius 3 is 2.12 bits per heavy atom. The first kappa shape index (κ1) is 36.4. The topological polar surface area (TPSA) is 71.0 Å². The van der Waals surface area contributed by atoms with E-state index in [4.69, 9.17) is 9.47 Å². The van der Waals surface area contributed by atoms with Gasteiger partial charge in [-0.2, -0.15) is 0 Å². The van der Waals surface area contributed by atoms with Crippen molar-refractivity contribution in [2.75, 3.05) is 13.1 Å². The van der Waals surface area contributed by atoms with Crippen molar-refractivity contribution in [1.82, 2.24) is 10.2 Å². The molecule has 1 amide bonds. The highest BCUT2D eigenvalue weighted by Gasteiger charge is 2.35. The van der Waals surface area contributed by atoms with Crippen LogP contribution in [0.5, 0.6) is 0 Å². The molecule has 6 nitrogen and oxygen atoms in total. The van der Waals surface area contributed by atoms with Gasteiger partial charge in [-0.05, 0) is 40.7 Å². The predicted octanol–water partition coefficient (Wildman–Crippen LogP) is 8.45. The number of halogens is 5. The van der Waals surface area contributed by atoms with Gasteiger partial charge in [-0.3, -0.25) is 9.69 Å². The highest BCUT2D eigenvalue weighted by atomic mass is 19.2. The second-order valence-corrected chi connectivity index (χ2v) is 12.9. The van der Waals surface area contributed by atoms with E-state index in [0.717, 1.165) is 48.2 Å². The Morgan fingerprint density at radius 2 is 1.47 bits per heavy atom. The SMILES string of the molecule is C=CCN(C[C@@H]1C[C@H](c2ccc(CO)cc2)O[C@H](c2ccc(-c3ccccc3CNC(=O)c3c(F)c(F)c(F)c(F)c3F)cc2)O1)C1CCCC1. The maximum Gasteiger partial charge on any atom is 0.257 e. The van der Waals surface area contributed by atoms with Crippen molar-refractivity contribution in [2.24, 2.45) is 0 Å². The van der Waals surface area contributed by atoms with Crippen LogP contribution in [0.15, 0.2) is 85.5 Å². The zero-order valence-corrected chi connectivity index (χ0v) is 27.9. The number of aliphatic hydroxyl groups excluding tert-OH is 1. The molecule has 1 aliphatic heterocycles. The number of benzene rings is 4. The third-order valence-corrected chi connectivity index (χ3v) is 9.65. The second kappa shape index (κ2) is 16.3. The van der Waals surface area contributed by atoms with E-state index >= 15 is 0 Å². The molecular formula is C40H39F5N2O4. The standard InChI is InChI=1S/C40H39F5N2O4/c1-2-19-47(29-8-4-5-9-29)22-30-20-32(26-13-11-24(23-48)12-14-26)51-40(50-30)27-17-15-25(16-18-27)31-10-6-3-7-28(31)21-46-39(49)33-34(41)36(43)38(45)37(44)35(33)42/h2-3,6-7,10-18,29-30,32,40,48H,1,4-5,8-9,19-23H2,(H,46,49)/t30-,32+,40+/m0/s1. The molecule has 6 rings (SSSR count).